The number of carbonyl (C=O) groups is 1. The first-order chi connectivity index (χ1) is 11.4. The van der Waals surface area contributed by atoms with Crippen molar-refractivity contribution in [1.82, 2.24) is 10.2 Å². The summed E-state index contributed by atoms with van der Waals surface area (Å²) in [5.41, 5.74) is 0. The Morgan fingerprint density at radius 2 is 2.08 bits per heavy atom. The molecule has 2 rings (SSSR count). The van der Waals surface area contributed by atoms with Crippen LogP contribution in [-0.4, -0.2) is 63.0 Å². The highest BCUT2D eigenvalue weighted by Gasteiger charge is 2.19. The number of nitrogens with one attached hydrogen (secondary N) is 1. The van der Waals surface area contributed by atoms with Gasteiger partial charge in [0.2, 0.25) is 15.9 Å². The molecule has 0 aromatic heterocycles. The van der Waals surface area contributed by atoms with E-state index in [9.17, 15) is 13.2 Å². The molecule has 0 bridgehead atoms. The van der Waals surface area contributed by atoms with Crippen LogP contribution >= 0.6 is 24.2 Å². The zero-order valence-corrected chi connectivity index (χ0v) is 16.5. The molecule has 1 fully saturated rings. The lowest BCUT2D eigenvalue weighted by molar-refractivity contribution is -0.129. The van der Waals surface area contributed by atoms with E-state index in [1.807, 2.05) is 4.90 Å². The number of thioether (sulfide) groups is 1. The molecule has 0 aliphatic carbocycles. The van der Waals surface area contributed by atoms with Crippen molar-refractivity contribution >= 4 is 40.1 Å². The average molecular weight is 410 g/mol. The van der Waals surface area contributed by atoms with Gasteiger partial charge in [-0.1, -0.05) is 0 Å². The van der Waals surface area contributed by atoms with Gasteiger partial charge < -0.3 is 15.0 Å². The lowest BCUT2D eigenvalue weighted by Gasteiger charge is -2.31. The molecule has 1 aliphatic heterocycles. The minimum atomic E-state index is -3.68. The summed E-state index contributed by atoms with van der Waals surface area (Å²) in [4.78, 5) is 14.0. The Morgan fingerprint density at radius 1 is 1.40 bits per heavy atom. The standard InChI is InChI=1S/C15H23N3O4S2.ClH/c1-12-10-18(7-6-17-12)15(19)11-23-9-8-22-13-2-4-14(5-3-13)24(16,20)21;/h2-5,12,17H,6-11H2,1H3,(H2,16,20,21);1H. The van der Waals surface area contributed by atoms with Gasteiger partial charge in [-0.25, -0.2) is 13.6 Å². The summed E-state index contributed by atoms with van der Waals surface area (Å²) in [7, 11) is -3.68. The second-order valence-corrected chi connectivity index (χ2v) is 8.28. The molecule has 1 amide bonds. The van der Waals surface area contributed by atoms with Crippen LogP contribution in [0.5, 0.6) is 5.75 Å². The first kappa shape index (κ1) is 22.0. The maximum Gasteiger partial charge on any atom is 0.238 e. The fourth-order valence-electron chi connectivity index (χ4n) is 2.35. The van der Waals surface area contributed by atoms with Crippen molar-refractivity contribution in [3.05, 3.63) is 24.3 Å². The minimum Gasteiger partial charge on any atom is -0.493 e. The summed E-state index contributed by atoms with van der Waals surface area (Å²) in [6.45, 7) is 4.88. The summed E-state index contributed by atoms with van der Waals surface area (Å²) in [6.07, 6.45) is 0. The van der Waals surface area contributed by atoms with E-state index in [0.29, 0.717) is 29.9 Å². The number of rotatable bonds is 7. The zero-order chi connectivity index (χ0) is 17.6. The number of hydrogen-bond donors (Lipinski definition) is 2. The maximum atomic E-state index is 12.1. The second-order valence-electron chi connectivity index (χ2n) is 5.61. The summed E-state index contributed by atoms with van der Waals surface area (Å²) in [5, 5.41) is 8.34. The van der Waals surface area contributed by atoms with Gasteiger partial charge in [-0.15, -0.1) is 24.2 Å². The molecule has 25 heavy (non-hydrogen) atoms. The van der Waals surface area contributed by atoms with Gasteiger partial charge in [0.05, 0.1) is 17.3 Å². The number of piperazine rings is 1. The Hall–Kier alpha value is -1.00. The predicted molar refractivity (Wildman–Crippen MR) is 102 cm³/mol. The van der Waals surface area contributed by atoms with E-state index in [0.717, 1.165) is 19.6 Å². The van der Waals surface area contributed by atoms with Gasteiger partial charge in [-0.2, -0.15) is 0 Å². The molecule has 0 radical (unpaired) electrons. The highest BCUT2D eigenvalue weighted by atomic mass is 35.5. The molecule has 1 atom stereocenters. The van der Waals surface area contributed by atoms with Crippen molar-refractivity contribution in [2.24, 2.45) is 5.14 Å². The first-order valence-electron chi connectivity index (χ1n) is 7.71. The number of hydrogen-bond acceptors (Lipinski definition) is 6. The fourth-order valence-corrected chi connectivity index (χ4v) is 3.57. The van der Waals surface area contributed by atoms with E-state index in [1.165, 1.54) is 23.9 Å². The van der Waals surface area contributed by atoms with E-state index < -0.39 is 10.0 Å². The van der Waals surface area contributed by atoms with Crippen molar-refractivity contribution in [1.29, 1.82) is 0 Å². The average Bonchev–Trinajstić information content (AvgIpc) is 2.54. The summed E-state index contributed by atoms with van der Waals surface area (Å²) in [5.74, 6) is 1.86. The van der Waals surface area contributed by atoms with Crippen LogP contribution in [0.2, 0.25) is 0 Å². The molecule has 7 nitrogen and oxygen atoms in total. The van der Waals surface area contributed by atoms with Crippen molar-refractivity contribution in [2.45, 2.75) is 17.9 Å². The van der Waals surface area contributed by atoms with Gasteiger partial charge in [-0.3, -0.25) is 4.79 Å². The van der Waals surface area contributed by atoms with Crippen molar-refractivity contribution in [3.63, 3.8) is 0 Å². The lowest BCUT2D eigenvalue weighted by atomic mass is 10.2. The molecule has 142 valence electrons. The summed E-state index contributed by atoms with van der Waals surface area (Å²) >= 11 is 1.53. The molecular weight excluding hydrogens is 386 g/mol. The molecule has 1 unspecified atom stereocenters. The number of halogens is 1. The van der Waals surface area contributed by atoms with Gasteiger partial charge in [0.1, 0.15) is 5.75 Å². The molecule has 1 aromatic rings. The van der Waals surface area contributed by atoms with E-state index in [-0.39, 0.29) is 23.2 Å². The molecule has 0 saturated carbocycles. The Kier molecular flexibility index (Phi) is 9.01. The smallest absolute Gasteiger partial charge is 0.238 e. The van der Waals surface area contributed by atoms with Gasteiger partial charge in [0, 0.05) is 31.4 Å². The zero-order valence-electron chi connectivity index (χ0n) is 14.0. The summed E-state index contributed by atoms with van der Waals surface area (Å²) < 4.78 is 27.8. The van der Waals surface area contributed by atoms with E-state index in [1.54, 1.807) is 12.1 Å². The van der Waals surface area contributed by atoms with Gasteiger partial charge in [-0.05, 0) is 31.2 Å². The highest BCUT2D eigenvalue weighted by molar-refractivity contribution is 7.99. The number of amides is 1. The molecule has 0 spiro atoms. The van der Waals surface area contributed by atoms with E-state index in [4.69, 9.17) is 9.88 Å². The Labute approximate surface area is 159 Å². The molecule has 10 heteroatoms. The monoisotopic (exact) mass is 409 g/mol. The van der Waals surface area contributed by atoms with Crippen LogP contribution in [-0.2, 0) is 14.8 Å². The van der Waals surface area contributed by atoms with Crippen molar-refractivity contribution in [2.75, 3.05) is 37.7 Å². The fraction of sp³-hybridized carbons (Fsp3) is 0.533. The van der Waals surface area contributed by atoms with Gasteiger partial charge >= 0.3 is 0 Å². The SMILES string of the molecule is CC1CN(C(=O)CSCCOc2ccc(S(N)(=O)=O)cc2)CCN1.Cl. The molecule has 1 saturated heterocycles. The number of nitrogens with two attached hydrogens (primary N) is 1. The first-order valence-corrected chi connectivity index (χ1v) is 10.4. The third-order valence-corrected chi connectivity index (χ3v) is 5.43. The van der Waals surface area contributed by atoms with Crippen LogP contribution in [0.4, 0.5) is 0 Å². The predicted octanol–water partition coefficient (Wildman–Crippen LogP) is 0.688. The Balaban J connectivity index is 0.00000312. The van der Waals surface area contributed by atoms with Crippen molar-refractivity contribution in [3.8, 4) is 5.75 Å². The highest BCUT2D eigenvalue weighted by Crippen LogP contribution is 2.15. The molecule has 1 aliphatic rings. The largest absolute Gasteiger partial charge is 0.493 e. The number of primary sulfonamides is 1. The molecule has 1 aromatic carbocycles. The van der Waals surface area contributed by atoms with Crippen LogP contribution < -0.4 is 15.2 Å². The third-order valence-electron chi connectivity index (χ3n) is 3.60. The van der Waals surface area contributed by atoms with E-state index >= 15 is 0 Å². The molecule has 1 heterocycles. The van der Waals surface area contributed by atoms with Gasteiger partial charge in [0.25, 0.3) is 0 Å². The van der Waals surface area contributed by atoms with Crippen LogP contribution in [0.3, 0.4) is 0 Å². The number of ether oxygens (including phenoxy) is 1. The van der Waals surface area contributed by atoms with Crippen LogP contribution in [0.1, 0.15) is 6.92 Å². The summed E-state index contributed by atoms with van der Waals surface area (Å²) in [6, 6.07) is 6.30. The third kappa shape index (κ3) is 7.41. The van der Waals surface area contributed by atoms with Crippen LogP contribution in [0.15, 0.2) is 29.2 Å². The van der Waals surface area contributed by atoms with Crippen molar-refractivity contribution < 1.29 is 17.9 Å². The normalized spacial score (nSPS) is 17.7. The topological polar surface area (TPSA) is 102 Å². The lowest BCUT2D eigenvalue weighted by Crippen LogP contribution is -2.51. The number of carbonyl (C=O) groups excluding carboxylic acids is 1. The maximum absolute atomic E-state index is 12.1. The van der Waals surface area contributed by atoms with Crippen LogP contribution in [0, 0.1) is 0 Å². The minimum absolute atomic E-state index is 0. The number of nitrogens with zero attached hydrogens (tertiary/aromatic N) is 1. The van der Waals surface area contributed by atoms with E-state index in [2.05, 4.69) is 12.2 Å². The Morgan fingerprint density at radius 3 is 2.68 bits per heavy atom. The molecule has 3 N–H and O–H groups in total. The van der Waals surface area contributed by atoms with Crippen LogP contribution in [0.25, 0.3) is 0 Å². The second kappa shape index (κ2) is 10.2. The number of benzene rings is 1. The van der Waals surface area contributed by atoms with Gasteiger partial charge in [0.15, 0.2) is 0 Å². The molecular formula is C15H24ClN3O4S2. The number of sulfonamides is 1. The Bertz CT molecular complexity index is 655. The quantitative estimate of drug-likeness (QED) is 0.642.